The van der Waals surface area contributed by atoms with Crippen molar-refractivity contribution in [1.29, 1.82) is 0 Å². The molecule has 1 fully saturated rings. The molecule has 1 N–H and O–H groups in total. The lowest BCUT2D eigenvalue weighted by Crippen LogP contribution is -2.58. The number of carbonyl (C=O) groups excluding carboxylic acids is 1. The second kappa shape index (κ2) is 10.8. The lowest BCUT2D eigenvalue weighted by Gasteiger charge is -2.31. The van der Waals surface area contributed by atoms with Gasteiger partial charge in [0.15, 0.2) is 17.3 Å². The summed E-state index contributed by atoms with van der Waals surface area (Å²) in [5, 5.41) is 19.7. The number of halogens is 1. The smallest absolute Gasteiger partial charge is 0.493 e. The molecule has 0 bridgehead atoms. The highest BCUT2D eigenvalue weighted by Gasteiger charge is 2.54. The molecular weight excluding hydrogens is 536 g/mol. The molecule has 212 valence electrons. The molecule has 0 radical (unpaired) electrons. The molecule has 3 unspecified atom stereocenters. The number of hydrogen-bond acceptors (Lipinski definition) is 7. The molecule has 2 aliphatic heterocycles. The van der Waals surface area contributed by atoms with Gasteiger partial charge < -0.3 is 19.3 Å². The van der Waals surface area contributed by atoms with E-state index in [1.807, 2.05) is 49.6 Å². The monoisotopic (exact) mass is 569 g/mol. The Balaban J connectivity index is 1.72. The van der Waals surface area contributed by atoms with E-state index in [1.165, 1.54) is 0 Å². The van der Waals surface area contributed by atoms with Gasteiger partial charge >= 0.3 is 12.0 Å². The van der Waals surface area contributed by atoms with E-state index in [0.717, 1.165) is 11.3 Å². The minimum Gasteiger partial charge on any atom is -0.493 e. The predicted octanol–water partition coefficient (Wildman–Crippen LogP) is 5.82. The molecule has 10 nitrogen and oxygen atoms in total. The number of amides is 2. The number of quaternary nitrogens is 1. The van der Waals surface area contributed by atoms with Gasteiger partial charge in [0.1, 0.15) is 24.1 Å². The number of rotatable bonds is 6. The van der Waals surface area contributed by atoms with E-state index >= 15 is 0 Å². The Bertz CT molecular complexity index is 1460. The third-order valence-electron chi connectivity index (χ3n) is 8.08. The second-order valence-corrected chi connectivity index (χ2v) is 11.1. The maximum atomic E-state index is 13.9. The number of likely N-dealkylation sites (tertiary alicyclic amines) is 1. The molecule has 2 aromatic carbocycles. The predicted molar refractivity (Wildman–Crippen MR) is 147 cm³/mol. The van der Waals surface area contributed by atoms with Crippen molar-refractivity contribution in [2.75, 3.05) is 20.8 Å². The van der Waals surface area contributed by atoms with Crippen LogP contribution in [0.4, 0.5) is 4.79 Å². The second-order valence-electron chi connectivity index (χ2n) is 10.7. The Kier molecular flexibility index (Phi) is 7.60. The topological polar surface area (TPSA) is 113 Å². The third kappa shape index (κ3) is 4.44. The Hall–Kier alpha value is -3.47. The van der Waals surface area contributed by atoms with E-state index < -0.39 is 28.7 Å². The zero-order valence-electron chi connectivity index (χ0n) is 23.3. The van der Waals surface area contributed by atoms with Crippen LogP contribution in [-0.4, -0.2) is 63.2 Å². The molecule has 40 heavy (non-hydrogen) atoms. The highest BCUT2D eigenvalue weighted by Crippen LogP contribution is 2.47. The lowest BCUT2D eigenvalue weighted by molar-refractivity contribution is -0.792. The van der Waals surface area contributed by atoms with Crippen molar-refractivity contribution in [3.8, 4) is 17.2 Å². The fraction of sp³-hybridized carbons (Fsp3) is 0.448. The Morgan fingerprint density at radius 3 is 2.58 bits per heavy atom. The molecule has 5 rings (SSSR count). The van der Waals surface area contributed by atoms with Crippen LogP contribution in [0.1, 0.15) is 80.9 Å². The van der Waals surface area contributed by atoms with Crippen molar-refractivity contribution in [3.05, 3.63) is 64.2 Å². The highest BCUT2D eigenvalue weighted by atomic mass is 35.5. The molecule has 3 heterocycles. The summed E-state index contributed by atoms with van der Waals surface area (Å²) in [6.45, 7) is 6.08. The Morgan fingerprint density at radius 2 is 1.95 bits per heavy atom. The van der Waals surface area contributed by atoms with Gasteiger partial charge in [-0.15, -0.1) is 10.2 Å². The van der Waals surface area contributed by atoms with Gasteiger partial charge in [0.05, 0.1) is 32.9 Å². The first-order valence-corrected chi connectivity index (χ1v) is 13.8. The van der Waals surface area contributed by atoms with Crippen molar-refractivity contribution in [2.24, 2.45) is 0 Å². The number of aromatic nitrogens is 3. The van der Waals surface area contributed by atoms with Gasteiger partial charge in [0, 0.05) is 34.9 Å². The number of methoxy groups -OCH3 is 2. The van der Waals surface area contributed by atoms with Crippen LogP contribution < -0.4 is 9.47 Å². The van der Waals surface area contributed by atoms with Gasteiger partial charge in [-0.1, -0.05) is 37.6 Å². The van der Waals surface area contributed by atoms with Crippen LogP contribution in [0.3, 0.4) is 0 Å². The Morgan fingerprint density at radius 1 is 1.18 bits per heavy atom. The van der Waals surface area contributed by atoms with Gasteiger partial charge in [-0.2, -0.15) is 9.28 Å². The van der Waals surface area contributed by atoms with E-state index in [-0.39, 0.29) is 24.9 Å². The van der Waals surface area contributed by atoms with Crippen molar-refractivity contribution in [3.63, 3.8) is 0 Å². The quantitative estimate of drug-likeness (QED) is 0.370. The minimum atomic E-state index is -1.14. The molecule has 0 spiro atoms. The summed E-state index contributed by atoms with van der Waals surface area (Å²) in [6.07, 6.45) is -1.67. The number of hydrogen-bond donors (Lipinski definition) is 1. The number of nitrogens with zero attached hydrogens (tertiary/aromatic N) is 4. The summed E-state index contributed by atoms with van der Waals surface area (Å²) in [7, 11) is 3.11. The zero-order valence-corrected chi connectivity index (χ0v) is 24.0. The number of para-hydroxylation sites is 1. The Labute approximate surface area is 238 Å². The average Bonchev–Trinajstić information content (AvgIpc) is 3.52. The highest BCUT2D eigenvalue weighted by molar-refractivity contribution is 6.30. The molecule has 1 aromatic heterocycles. The molecule has 0 saturated carbocycles. The summed E-state index contributed by atoms with van der Waals surface area (Å²) in [5.41, 5.74) is 2.16. The number of benzene rings is 2. The molecular formula is C29H34ClN4O6+. The first kappa shape index (κ1) is 28.1. The SMILES string of the molecule is COc1cccc(C2OC(CC(=O)[N+]3(C(=O)O)CCC[C@H]3C)c3nnc(C(C)C)n3-c3ccc(Cl)cc32)c1OC. The van der Waals surface area contributed by atoms with Crippen LogP contribution in [0.25, 0.3) is 5.69 Å². The summed E-state index contributed by atoms with van der Waals surface area (Å²) in [5.74, 6) is 1.70. The van der Waals surface area contributed by atoms with E-state index in [4.69, 9.17) is 25.8 Å². The van der Waals surface area contributed by atoms with Crippen LogP contribution in [0.2, 0.25) is 5.02 Å². The normalized spacial score (nSPS) is 23.8. The zero-order chi connectivity index (χ0) is 28.8. The van der Waals surface area contributed by atoms with Crippen LogP contribution in [0, 0.1) is 0 Å². The summed E-state index contributed by atoms with van der Waals surface area (Å²) >= 11 is 6.52. The molecule has 0 aliphatic carbocycles. The number of carboxylic acid groups (broad SMARTS) is 1. The third-order valence-corrected chi connectivity index (χ3v) is 8.31. The first-order chi connectivity index (χ1) is 19.1. The molecule has 11 heteroatoms. The molecule has 3 aromatic rings. The average molecular weight is 570 g/mol. The van der Waals surface area contributed by atoms with E-state index in [0.29, 0.717) is 46.6 Å². The van der Waals surface area contributed by atoms with Gasteiger partial charge in [-0.25, -0.2) is 4.79 Å². The van der Waals surface area contributed by atoms with E-state index in [2.05, 4.69) is 10.2 Å². The summed E-state index contributed by atoms with van der Waals surface area (Å²) in [4.78, 5) is 26.4. The fourth-order valence-electron chi connectivity index (χ4n) is 6.03. The number of imide groups is 1. The molecule has 2 aliphatic rings. The van der Waals surface area contributed by atoms with Gasteiger partial charge in [0.25, 0.3) is 0 Å². The minimum absolute atomic E-state index is 0.0000300. The van der Waals surface area contributed by atoms with Gasteiger partial charge in [0.2, 0.25) is 0 Å². The maximum absolute atomic E-state index is 13.9. The van der Waals surface area contributed by atoms with Crippen LogP contribution in [0.15, 0.2) is 36.4 Å². The van der Waals surface area contributed by atoms with Crippen LogP contribution in [-0.2, 0) is 9.53 Å². The molecule has 1 saturated heterocycles. The van der Waals surface area contributed by atoms with Crippen molar-refractivity contribution < 1.29 is 33.4 Å². The largest absolute Gasteiger partial charge is 0.521 e. The van der Waals surface area contributed by atoms with Crippen molar-refractivity contribution >= 4 is 23.6 Å². The van der Waals surface area contributed by atoms with Crippen LogP contribution in [0.5, 0.6) is 11.5 Å². The summed E-state index contributed by atoms with van der Waals surface area (Å²) < 4.78 is 19.4. The number of ether oxygens (including phenoxy) is 3. The van der Waals surface area contributed by atoms with Gasteiger partial charge in [-0.3, -0.25) is 4.57 Å². The standard InChI is InChI=1S/C29H33ClN4O6/c1-16(2)27-31-32-28-23(15-24(35)34(29(36)37)13-7-8-17(34)3)40-25(19-9-6-10-22(38-4)26(19)39-5)20-14-18(30)11-12-21(20)33(27)28/h6,9-12,14,16-17,23,25H,7-8,13,15H2,1-5H3/p+1/t17-,23?,25?,34?/m1/s1. The van der Waals surface area contributed by atoms with Gasteiger partial charge in [-0.05, 0) is 31.2 Å². The first-order valence-electron chi connectivity index (χ1n) is 13.4. The maximum Gasteiger partial charge on any atom is 0.521 e. The van der Waals surface area contributed by atoms with Crippen molar-refractivity contribution in [2.45, 2.75) is 64.2 Å². The van der Waals surface area contributed by atoms with Crippen LogP contribution >= 0.6 is 11.6 Å². The molecule has 4 atom stereocenters. The summed E-state index contributed by atoms with van der Waals surface area (Å²) in [6, 6.07) is 10.7. The van der Waals surface area contributed by atoms with E-state index in [1.54, 1.807) is 26.4 Å². The van der Waals surface area contributed by atoms with E-state index in [9.17, 15) is 14.7 Å². The fourth-order valence-corrected chi connectivity index (χ4v) is 6.21. The molecule has 2 amide bonds. The lowest BCUT2D eigenvalue weighted by atomic mass is 9.98. The number of fused-ring (bicyclic) bond motifs is 3. The number of carbonyl (C=O) groups is 2. The van der Waals surface area contributed by atoms with Crippen molar-refractivity contribution in [1.82, 2.24) is 14.8 Å².